The van der Waals surface area contributed by atoms with Gasteiger partial charge >= 0.3 is 0 Å². The van der Waals surface area contributed by atoms with Crippen LogP contribution in [0, 0.1) is 12.8 Å². The highest BCUT2D eigenvalue weighted by molar-refractivity contribution is 5.57. The molecule has 100 valence electrons. The van der Waals surface area contributed by atoms with Gasteiger partial charge in [0.25, 0.3) is 0 Å². The molecule has 4 nitrogen and oxygen atoms in total. The summed E-state index contributed by atoms with van der Waals surface area (Å²) in [5.41, 5.74) is 1.12. The molecule has 2 N–H and O–H groups in total. The van der Waals surface area contributed by atoms with Crippen molar-refractivity contribution in [2.75, 3.05) is 17.7 Å². The Bertz CT molecular complexity index is 417. The number of rotatable bonds is 6. The summed E-state index contributed by atoms with van der Waals surface area (Å²) in [5, 5.41) is 6.73. The Morgan fingerprint density at radius 1 is 1.22 bits per heavy atom. The fourth-order valence-corrected chi connectivity index (χ4v) is 2.39. The largest absolute Gasteiger partial charge is 0.373 e. The number of nitrogens with zero attached hydrogens (tertiary/aromatic N) is 2. The van der Waals surface area contributed by atoms with Crippen molar-refractivity contribution in [1.29, 1.82) is 0 Å². The van der Waals surface area contributed by atoms with Crippen LogP contribution in [0.5, 0.6) is 0 Å². The van der Waals surface area contributed by atoms with Gasteiger partial charge < -0.3 is 10.6 Å². The molecule has 2 rings (SSSR count). The van der Waals surface area contributed by atoms with E-state index in [1.807, 2.05) is 7.05 Å². The number of hydrogen-bond acceptors (Lipinski definition) is 4. The van der Waals surface area contributed by atoms with E-state index in [0.29, 0.717) is 6.04 Å². The molecule has 0 amide bonds. The van der Waals surface area contributed by atoms with Crippen molar-refractivity contribution >= 4 is 11.6 Å². The minimum absolute atomic E-state index is 0.618. The fourth-order valence-electron chi connectivity index (χ4n) is 2.39. The number of aryl methyl sites for hydroxylation is 1. The van der Waals surface area contributed by atoms with Crippen molar-refractivity contribution in [3.05, 3.63) is 11.4 Å². The Kier molecular flexibility index (Phi) is 4.04. The first-order valence-electron chi connectivity index (χ1n) is 7.01. The summed E-state index contributed by atoms with van der Waals surface area (Å²) in [6.07, 6.45) is 4.75. The SMILES string of the molecule is CCCC1CC1Nc1nc(CC)nc(NC)c1C. The first-order chi connectivity index (χ1) is 8.69. The van der Waals surface area contributed by atoms with E-state index < -0.39 is 0 Å². The van der Waals surface area contributed by atoms with E-state index >= 15 is 0 Å². The zero-order chi connectivity index (χ0) is 13.1. The monoisotopic (exact) mass is 248 g/mol. The van der Waals surface area contributed by atoms with Crippen molar-refractivity contribution in [1.82, 2.24) is 9.97 Å². The molecule has 0 aliphatic heterocycles. The van der Waals surface area contributed by atoms with E-state index in [2.05, 4.69) is 41.4 Å². The van der Waals surface area contributed by atoms with Gasteiger partial charge in [0.05, 0.1) is 0 Å². The predicted molar refractivity (Wildman–Crippen MR) is 76.1 cm³/mol. The van der Waals surface area contributed by atoms with Crippen LogP contribution in [0.25, 0.3) is 0 Å². The van der Waals surface area contributed by atoms with E-state index in [9.17, 15) is 0 Å². The van der Waals surface area contributed by atoms with Crippen molar-refractivity contribution in [3.63, 3.8) is 0 Å². The van der Waals surface area contributed by atoms with Gasteiger partial charge in [-0.15, -0.1) is 0 Å². The molecule has 1 aromatic rings. The second kappa shape index (κ2) is 5.55. The average Bonchev–Trinajstić information content (AvgIpc) is 3.10. The number of anilines is 2. The first kappa shape index (κ1) is 13.1. The van der Waals surface area contributed by atoms with E-state index in [0.717, 1.165) is 35.4 Å². The van der Waals surface area contributed by atoms with Crippen molar-refractivity contribution in [2.24, 2.45) is 5.92 Å². The molecule has 1 fully saturated rings. The Morgan fingerprint density at radius 3 is 2.56 bits per heavy atom. The fraction of sp³-hybridized carbons (Fsp3) is 0.714. The maximum atomic E-state index is 4.61. The Hall–Kier alpha value is -1.32. The summed E-state index contributed by atoms with van der Waals surface area (Å²) < 4.78 is 0. The van der Waals surface area contributed by atoms with E-state index in [4.69, 9.17) is 0 Å². The molecule has 0 aromatic carbocycles. The molecule has 2 unspecified atom stereocenters. The molecule has 4 heteroatoms. The second-order valence-corrected chi connectivity index (χ2v) is 5.10. The molecule has 1 aliphatic rings. The highest BCUT2D eigenvalue weighted by atomic mass is 15.1. The number of nitrogens with one attached hydrogen (secondary N) is 2. The number of aromatic nitrogens is 2. The molecule has 1 heterocycles. The quantitative estimate of drug-likeness (QED) is 0.812. The third-order valence-electron chi connectivity index (χ3n) is 3.65. The molecule has 0 saturated heterocycles. The lowest BCUT2D eigenvalue weighted by molar-refractivity contribution is 0.691. The average molecular weight is 248 g/mol. The summed E-state index contributed by atoms with van der Waals surface area (Å²) in [5.74, 6) is 3.69. The van der Waals surface area contributed by atoms with Crippen LogP contribution < -0.4 is 10.6 Å². The van der Waals surface area contributed by atoms with Crippen molar-refractivity contribution in [2.45, 2.75) is 52.5 Å². The standard InChI is InChI=1S/C14H24N4/c1-5-7-10-8-11(10)16-14-9(3)13(15-4)17-12(6-2)18-14/h10-11H,5-8H2,1-4H3,(H2,15,16,17,18). The lowest BCUT2D eigenvalue weighted by Crippen LogP contribution is -2.12. The van der Waals surface area contributed by atoms with Crippen LogP contribution in [0.4, 0.5) is 11.6 Å². The van der Waals surface area contributed by atoms with Crippen LogP contribution in [0.15, 0.2) is 0 Å². The summed E-state index contributed by atoms with van der Waals surface area (Å²) in [6, 6.07) is 0.618. The highest BCUT2D eigenvalue weighted by Crippen LogP contribution is 2.37. The molecule has 18 heavy (non-hydrogen) atoms. The Balaban J connectivity index is 2.12. The van der Waals surface area contributed by atoms with Gasteiger partial charge in [-0.3, -0.25) is 0 Å². The van der Waals surface area contributed by atoms with Gasteiger partial charge in [0.15, 0.2) is 0 Å². The number of hydrogen-bond donors (Lipinski definition) is 2. The molecule has 2 atom stereocenters. The zero-order valence-corrected chi connectivity index (χ0v) is 11.9. The van der Waals surface area contributed by atoms with Gasteiger partial charge in [0.1, 0.15) is 17.5 Å². The van der Waals surface area contributed by atoms with Gasteiger partial charge in [0, 0.05) is 25.1 Å². The van der Waals surface area contributed by atoms with Gasteiger partial charge in [-0.25, -0.2) is 9.97 Å². The lowest BCUT2D eigenvalue weighted by atomic mass is 10.2. The van der Waals surface area contributed by atoms with Crippen LogP contribution in [0.3, 0.4) is 0 Å². The third kappa shape index (κ3) is 2.74. The third-order valence-corrected chi connectivity index (χ3v) is 3.65. The molecular weight excluding hydrogens is 224 g/mol. The maximum absolute atomic E-state index is 4.61. The molecule has 0 bridgehead atoms. The maximum Gasteiger partial charge on any atom is 0.135 e. The van der Waals surface area contributed by atoms with Gasteiger partial charge in [-0.05, 0) is 25.7 Å². The van der Waals surface area contributed by atoms with E-state index in [-0.39, 0.29) is 0 Å². The molecular formula is C14H24N4. The molecule has 0 spiro atoms. The van der Waals surface area contributed by atoms with Crippen molar-refractivity contribution < 1.29 is 0 Å². The molecule has 1 aliphatic carbocycles. The van der Waals surface area contributed by atoms with Crippen LogP contribution in [-0.4, -0.2) is 23.1 Å². The molecule has 0 radical (unpaired) electrons. The predicted octanol–water partition coefficient (Wildman–Crippen LogP) is 2.99. The first-order valence-corrected chi connectivity index (χ1v) is 7.01. The van der Waals surface area contributed by atoms with Crippen molar-refractivity contribution in [3.8, 4) is 0 Å². The minimum atomic E-state index is 0.618. The highest BCUT2D eigenvalue weighted by Gasteiger charge is 2.36. The normalized spacial score (nSPS) is 21.8. The van der Waals surface area contributed by atoms with Crippen LogP contribution in [0.1, 0.15) is 44.5 Å². The van der Waals surface area contributed by atoms with Gasteiger partial charge in [-0.1, -0.05) is 20.3 Å². The summed E-state index contributed by atoms with van der Waals surface area (Å²) in [4.78, 5) is 9.10. The summed E-state index contributed by atoms with van der Waals surface area (Å²) in [6.45, 7) is 6.41. The van der Waals surface area contributed by atoms with Crippen LogP contribution in [-0.2, 0) is 6.42 Å². The smallest absolute Gasteiger partial charge is 0.135 e. The Morgan fingerprint density at radius 2 is 1.94 bits per heavy atom. The van der Waals surface area contributed by atoms with Crippen LogP contribution >= 0.6 is 0 Å². The lowest BCUT2D eigenvalue weighted by Gasteiger charge is -2.13. The molecule has 1 saturated carbocycles. The summed E-state index contributed by atoms with van der Waals surface area (Å²) in [7, 11) is 1.91. The van der Waals surface area contributed by atoms with E-state index in [1.165, 1.54) is 19.3 Å². The topological polar surface area (TPSA) is 49.8 Å². The second-order valence-electron chi connectivity index (χ2n) is 5.10. The minimum Gasteiger partial charge on any atom is -0.373 e. The summed E-state index contributed by atoms with van der Waals surface area (Å²) >= 11 is 0. The van der Waals surface area contributed by atoms with E-state index in [1.54, 1.807) is 0 Å². The van der Waals surface area contributed by atoms with Gasteiger partial charge in [0.2, 0.25) is 0 Å². The zero-order valence-electron chi connectivity index (χ0n) is 11.9. The van der Waals surface area contributed by atoms with Crippen LogP contribution in [0.2, 0.25) is 0 Å². The van der Waals surface area contributed by atoms with Gasteiger partial charge in [-0.2, -0.15) is 0 Å². The molecule has 1 aromatic heterocycles. The Labute approximate surface area is 110 Å².